The summed E-state index contributed by atoms with van der Waals surface area (Å²) >= 11 is 1.32. The Morgan fingerprint density at radius 2 is 2.25 bits per heavy atom. The van der Waals surface area contributed by atoms with Crippen LogP contribution in [0.4, 0.5) is 0 Å². The summed E-state index contributed by atoms with van der Waals surface area (Å²) in [6.07, 6.45) is 2.34. The number of aryl methyl sites for hydroxylation is 1. The number of carbonyl (C=O) groups excluding carboxylic acids is 2. The van der Waals surface area contributed by atoms with Gasteiger partial charge in [-0.15, -0.1) is 11.3 Å². The minimum atomic E-state index is -0.137. The number of hydrogen-bond donors (Lipinski definition) is 0. The maximum Gasteiger partial charge on any atom is 0.221 e. The number of nitrogens with zero attached hydrogens (tertiary/aromatic N) is 1. The number of aldehydes is 1. The fraction of sp³-hybridized carbons (Fsp3) is 0.0833. The average molecular weight is 231 g/mol. The zero-order valence-electron chi connectivity index (χ0n) is 8.64. The van der Waals surface area contributed by atoms with Gasteiger partial charge < -0.3 is 0 Å². The van der Waals surface area contributed by atoms with Gasteiger partial charge in [0.05, 0.1) is 4.88 Å². The molecule has 16 heavy (non-hydrogen) atoms. The highest BCUT2D eigenvalue weighted by molar-refractivity contribution is 7.14. The highest BCUT2D eigenvalue weighted by Gasteiger charge is 2.14. The lowest BCUT2D eigenvalue weighted by Gasteiger charge is -1.94. The second kappa shape index (κ2) is 4.37. The second-order valence-corrected chi connectivity index (χ2v) is 4.54. The number of ketones is 1. The van der Waals surface area contributed by atoms with Gasteiger partial charge in [-0.2, -0.15) is 0 Å². The standard InChI is InChI=1S/C12H9NO2S/c1-8-9(7-14)6-11(16-8)12(15)10-4-2-3-5-13-10/h2-7H,1H3. The van der Waals surface area contributed by atoms with E-state index in [4.69, 9.17) is 0 Å². The van der Waals surface area contributed by atoms with E-state index in [-0.39, 0.29) is 5.78 Å². The fourth-order valence-electron chi connectivity index (χ4n) is 1.35. The number of thiophene rings is 1. The minimum absolute atomic E-state index is 0.137. The van der Waals surface area contributed by atoms with Gasteiger partial charge in [-0.05, 0) is 25.1 Å². The van der Waals surface area contributed by atoms with Gasteiger partial charge in [-0.1, -0.05) is 6.07 Å². The zero-order chi connectivity index (χ0) is 11.5. The summed E-state index contributed by atoms with van der Waals surface area (Å²) in [6.45, 7) is 1.82. The van der Waals surface area contributed by atoms with Gasteiger partial charge in [0.15, 0.2) is 6.29 Å². The van der Waals surface area contributed by atoms with E-state index in [9.17, 15) is 9.59 Å². The van der Waals surface area contributed by atoms with Gasteiger partial charge in [-0.3, -0.25) is 14.6 Å². The molecule has 0 N–H and O–H groups in total. The first kappa shape index (κ1) is 10.7. The Labute approximate surface area is 96.8 Å². The molecule has 0 fully saturated rings. The molecule has 2 heterocycles. The lowest BCUT2D eigenvalue weighted by molar-refractivity contribution is 0.103. The molecule has 0 bridgehead atoms. The van der Waals surface area contributed by atoms with Gasteiger partial charge in [-0.25, -0.2) is 0 Å². The lowest BCUT2D eigenvalue weighted by Crippen LogP contribution is -2.00. The monoisotopic (exact) mass is 231 g/mol. The molecular formula is C12H9NO2S. The molecule has 0 aliphatic rings. The van der Waals surface area contributed by atoms with Crippen LogP contribution >= 0.6 is 11.3 Å². The third kappa shape index (κ3) is 1.92. The third-order valence-corrected chi connectivity index (χ3v) is 3.27. The molecule has 0 aliphatic heterocycles. The molecule has 4 heteroatoms. The van der Waals surface area contributed by atoms with Crippen molar-refractivity contribution < 1.29 is 9.59 Å². The van der Waals surface area contributed by atoms with Crippen molar-refractivity contribution in [3.05, 3.63) is 51.5 Å². The summed E-state index contributed by atoms with van der Waals surface area (Å²) in [4.78, 5) is 28.0. The molecule has 2 aromatic heterocycles. The smallest absolute Gasteiger partial charge is 0.221 e. The van der Waals surface area contributed by atoms with Crippen LogP contribution in [0.3, 0.4) is 0 Å². The predicted octanol–water partition coefficient (Wildman–Crippen LogP) is 2.50. The molecule has 0 aliphatic carbocycles. The third-order valence-electron chi connectivity index (χ3n) is 2.20. The van der Waals surface area contributed by atoms with Gasteiger partial charge in [0.1, 0.15) is 5.69 Å². The van der Waals surface area contributed by atoms with Crippen LogP contribution in [0.2, 0.25) is 0 Å². The van der Waals surface area contributed by atoms with Crippen molar-refractivity contribution in [1.82, 2.24) is 4.98 Å². The van der Waals surface area contributed by atoms with E-state index in [1.165, 1.54) is 11.3 Å². The van der Waals surface area contributed by atoms with Crippen molar-refractivity contribution in [3.8, 4) is 0 Å². The highest BCUT2D eigenvalue weighted by Crippen LogP contribution is 2.22. The molecule has 2 rings (SSSR count). The fourth-order valence-corrected chi connectivity index (χ4v) is 2.29. The summed E-state index contributed by atoms with van der Waals surface area (Å²) < 4.78 is 0. The van der Waals surface area contributed by atoms with Crippen LogP contribution in [-0.4, -0.2) is 17.1 Å². The highest BCUT2D eigenvalue weighted by atomic mass is 32.1. The van der Waals surface area contributed by atoms with E-state index in [1.54, 1.807) is 30.5 Å². The second-order valence-electron chi connectivity index (χ2n) is 3.28. The van der Waals surface area contributed by atoms with E-state index < -0.39 is 0 Å². The Morgan fingerprint density at radius 1 is 1.44 bits per heavy atom. The quantitative estimate of drug-likeness (QED) is 0.602. The summed E-state index contributed by atoms with van der Waals surface area (Å²) in [5, 5.41) is 0. The van der Waals surface area contributed by atoms with E-state index in [2.05, 4.69) is 4.98 Å². The van der Waals surface area contributed by atoms with Crippen molar-refractivity contribution in [1.29, 1.82) is 0 Å². The van der Waals surface area contributed by atoms with Crippen molar-refractivity contribution >= 4 is 23.4 Å². The molecule has 3 nitrogen and oxygen atoms in total. The van der Waals surface area contributed by atoms with Crippen LogP contribution in [0.5, 0.6) is 0 Å². The van der Waals surface area contributed by atoms with Gasteiger partial charge in [0.25, 0.3) is 0 Å². The molecule has 0 saturated heterocycles. The molecule has 0 spiro atoms. The minimum Gasteiger partial charge on any atom is -0.298 e. The lowest BCUT2D eigenvalue weighted by atomic mass is 10.2. The van der Waals surface area contributed by atoms with Crippen molar-refractivity contribution in [2.75, 3.05) is 0 Å². The van der Waals surface area contributed by atoms with Gasteiger partial charge >= 0.3 is 0 Å². The van der Waals surface area contributed by atoms with Crippen LogP contribution in [-0.2, 0) is 0 Å². The van der Waals surface area contributed by atoms with Crippen LogP contribution in [0.15, 0.2) is 30.5 Å². The molecular weight excluding hydrogens is 222 g/mol. The van der Waals surface area contributed by atoms with Crippen LogP contribution in [0.25, 0.3) is 0 Å². The van der Waals surface area contributed by atoms with E-state index in [0.717, 1.165) is 11.2 Å². The Kier molecular flexibility index (Phi) is 2.92. The average Bonchev–Trinajstić information content (AvgIpc) is 2.71. The number of aromatic nitrogens is 1. The topological polar surface area (TPSA) is 47.0 Å². The maximum atomic E-state index is 12.0. The first-order chi connectivity index (χ1) is 7.72. The van der Waals surface area contributed by atoms with E-state index in [0.29, 0.717) is 16.1 Å². The SMILES string of the molecule is Cc1sc(C(=O)c2ccccn2)cc1C=O. The Balaban J connectivity index is 2.38. The van der Waals surface area contributed by atoms with Crippen molar-refractivity contribution in [2.45, 2.75) is 6.92 Å². The molecule has 0 amide bonds. The van der Waals surface area contributed by atoms with Crippen LogP contribution in [0.1, 0.15) is 30.6 Å². The normalized spacial score (nSPS) is 10.1. The molecule has 0 atom stereocenters. The van der Waals surface area contributed by atoms with Gasteiger partial charge in [0, 0.05) is 16.6 Å². The molecule has 0 saturated carbocycles. The predicted molar refractivity (Wildman–Crippen MR) is 62.1 cm³/mol. The van der Waals surface area contributed by atoms with E-state index >= 15 is 0 Å². The van der Waals surface area contributed by atoms with Crippen LogP contribution < -0.4 is 0 Å². The summed E-state index contributed by atoms with van der Waals surface area (Å²) in [5.41, 5.74) is 0.977. The number of carbonyl (C=O) groups is 2. The summed E-state index contributed by atoms with van der Waals surface area (Å²) in [7, 11) is 0. The molecule has 0 radical (unpaired) electrons. The Bertz CT molecular complexity index is 531. The van der Waals surface area contributed by atoms with Crippen LogP contribution in [0, 0.1) is 6.92 Å². The summed E-state index contributed by atoms with van der Waals surface area (Å²) in [5.74, 6) is -0.137. The molecule has 0 aromatic carbocycles. The molecule has 80 valence electrons. The zero-order valence-corrected chi connectivity index (χ0v) is 9.45. The summed E-state index contributed by atoms with van der Waals surface area (Å²) in [6, 6.07) is 6.80. The Hall–Kier alpha value is -1.81. The van der Waals surface area contributed by atoms with Crippen molar-refractivity contribution in [2.24, 2.45) is 0 Å². The Morgan fingerprint density at radius 3 is 2.81 bits per heavy atom. The molecule has 0 unspecified atom stereocenters. The number of pyridine rings is 1. The number of rotatable bonds is 3. The van der Waals surface area contributed by atoms with Crippen molar-refractivity contribution in [3.63, 3.8) is 0 Å². The number of hydrogen-bond acceptors (Lipinski definition) is 4. The molecule has 2 aromatic rings. The maximum absolute atomic E-state index is 12.0. The van der Waals surface area contributed by atoms with Gasteiger partial charge in [0.2, 0.25) is 5.78 Å². The van der Waals surface area contributed by atoms with E-state index in [1.807, 2.05) is 6.92 Å². The first-order valence-electron chi connectivity index (χ1n) is 4.73. The largest absolute Gasteiger partial charge is 0.298 e. The first-order valence-corrected chi connectivity index (χ1v) is 5.55.